The maximum Gasteiger partial charge on any atom is 0.332 e. The lowest BCUT2D eigenvalue weighted by Gasteiger charge is -2.17. The third kappa shape index (κ3) is 4.80. The highest BCUT2D eigenvalue weighted by atomic mass is 16.2. The fourth-order valence-electron chi connectivity index (χ4n) is 5.39. The highest BCUT2D eigenvalue weighted by Crippen LogP contribution is 2.46. The molecule has 2 saturated carbocycles. The van der Waals surface area contributed by atoms with Crippen LogP contribution >= 0.6 is 0 Å². The first kappa shape index (κ1) is 26.0. The second-order valence-corrected chi connectivity index (χ2v) is 11.3. The number of carbonyl (C=O) groups excluding carboxylic acids is 3. The van der Waals surface area contributed by atoms with Gasteiger partial charge in [0.2, 0.25) is 5.91 Å². The van der Waals surface area contributed by atoms with Gasteiger partial charge in [-0.2, -0.15) is 5.10 Å². The lowest BCUT2D eigenvalue weighted by atomic mass is 10.1. The number of aromatic nitrogens is 6. The zero-order valence-corrected chi connectivity index (χ0v) is 23.5. The van der Waals surface area contributed by atoms with Crippen LogP contribution in [0.3, 0.4) is 0 Å². The Bertz CT molecular complexity index is 1750. The number of hydrogen-bond acceptors (Lipinski definition) is 9. The molecule has 7 rings (SSSR count). The normalized spacial score (nSPS) is 20.7. The van der Waals surface area contributed by atoms with E-state index in [0.29, 0.717) is 35.6 Å². The van der Waals surface area contributed by atoms with Gasteiger partial charge in [-0.15, -0.1) is 0 Å². The van der Waals surface area contributed by atoms with Gasteiger partial charge in [-0.25, -0.2) is 29.2 Å². The van der Waals surface area contributed by atoms with Gasteiger partial charge < -0.3 is 10.6 Å². The Balaban J connectivity index is 1.08. The van der Waals surface area contributed by atoms with Crippen molar-refractivity contribution in [2.75, 3.05) is 29.1 Å². The van der Waals surface area contributed by atoms with Crippen molar-refractivity contribution >= 4 is 40.8 Å². The largest absolute Gasteiger partial charge is 0.362 e. The van der Waals surface area contributed by atoms with E-state index in [2.05, 4.69) is 36.6 Å². The van der Waals surface area contributed by atoms with Crippen molar-refractivity contribution in [3.63, 3.8) is 0 Å². The first-order valence-electron chi connectivity index (χ1n) is 14.1. The molecule has 214 valence electrons. The Labute approximate surface area is 241 Å². The summed E-state index contributed by atoms with van der Waals surface area (Å²) in [5, 5.41) is 11.0. The summed E-state index contributed by atoms with van der Waals surface area (Å²) >= 11 is 0. The molecule has 5 heterocycles. The van der Waals surface area contributed by atoms with Crippen LogP contribution in [0.15, 0.2) is 42.9 Å². The van der Waals surface area contributed by atoms with Crippen molar-refractivity contribution < 1.29 is 14.4 Å². The molecular weight excluding hydrogens is 536 g/mol. The van der Waals surface area contributed by atoms with Gasteiger partial charge in [0.1, 0.15) is 36.2 Å². The minimum atomic E-state index is -0.364. The van der Waals surface area contributed by atoms with Gasteiger partial charge in [0, 0.05) is 36.8 Å². The van der Waals surface area contributed by atoms with E-state index in [0.717, 1.165) is 40.2 Å². The molecule has 0 aromatic carbocycles. The molecule has 3 fully saturated rings. The summed E-state index contributed by atoms with van der Waals surface area (Å²) < 4.78 is 1.72. The Kier molecular flexibility index (Phi) is 6.10. The lowest BCUT2D eigenvalue weighted by molar-refractivity contribution is -0.124. The monoisotopic (exact) mass is 566 g/mol. The smallest absolute Gasteiger partial charge is 0.332 e. The van der Waals surface area contributed by atoms with Gasteiger partial charge in [-0.1, -0.05) is 0 Å². The molecule has 3 atom stereocenters. The number of likely N-dealkylation sites (N-methyl/N-ethyl adjacent to an activating group) is 1. The average Bonchev–Trinajstić information content (AvgIpc) is 3.90. The molecule has 2 aliphatic carbocycles. The van der Waals surface area contributed by atoms with E-state index in [-0.39, 0.29) is 42.3 Å². The second-order valence-electron chi connectivity index (χ2n) is 11.3. The molecule has 1 saturated heterocycles. The summed E-state index contributed by atoms with van der Waals surface area (Å²) in [5.74, 6) is 2.11. The predicted molar refractivity (Wildman–Crippen MR) is 153 cm³/mol. The number of imide groups is 1. The Morgan fingerprint density at radius 3 is 2.62 bits per heavy atom. The molecule has 4 amide bonds. The van der Waals surface area contributed by atoms with Gasteiger partial charge in [0.25, 0.3) is 5.91 Å². The molecule has 4 aromatic rings. The lowest BCUT2D eigenvalue weighted by Crippen LogP contribution is -2.31. The molecule has 0 spiro atoms. The van der Waals surface area contributed by atoms with Gasteiger partial charge >= 0.3 is 6.03 Å². The SMILES string of the molecule is Cc1ccnc([C@H]2C[C@@H]2C(=O)Nc2cc(N[C@H](C)c3cc4cc(C5CC5)cc(N5CC(=O)N(C)C5=O)n4n3)ncn2)n1. The molecule has 3 aliphatic rings. The van der Waals surface area contributed by atoms with Gasteiger partial charge in [0.15, 0.2) is 0 Å². The Hall–Kier alpha value is -4.94. The van der Waals surface area contributed by atoms with Crippen LogP contribution in [0.25, 0.3) is 5.52 Å². The van der Waals surface area contributed by atoms with Crippen LogP contribution in [0.4, 0.5) is 22.2 Å². The average molecular weight is 567 g/mol. The number of nitrogens with zero attached hydrogens (tertiary/aromatic N) is 8. The standard InChI is InChI=1S/C29H30N10O3/c1-15-6-7-30-27(33-15)20-11-21(20)28(41)35-24-12-23(31-14-32-24)34-16(2)22-10-19-8-18(17-4-5-17)9-25(39(19)36-22)38-13-26(40)37(3)29(38)42/h6-10,12,14,16-17,20-21H,4-5,11,13H2,1-3H3,(H2,31,32,34,35,41)/t16-,20+,21+/m1/s1. The van der Waals surface area contributed by atoms with Gasteiger partial charge in [-0.05, 0) is 68.9 Å². The summed E-state index contributed by atoms with van der Waals surface area (Å²) in [5.41, 5.74) is 3.60. The second kappa shape index (κ2) is 9.86. The molecule has 0 unspecified atom stereocenters. The number of hydrogen-bond donors (Lipinski definition) is 2. The van der Waals surface area contributed by atoms with E-state index in [1.54, 1.807) is 16.8 Å². The van der Waals surface area contributed by atoms with Crippen LogP contribution < -0.4 is 15.5 Å². The molecular formula is C29H30N10O3. The van der Waals surface area contributed by atoms with Crippen LogP contribution in [0.5, 0.6) is 0 Å². The fraction of sp³-hybridized carbons (Fsp3) is 0.379. The van der Waals surface area contributed by atoms with Crippen LogP contribution in [0.1, 0.15) is 66.8 Å². The van der Waals surface area contributed by atoms with Crippen LogP contribution in [0, 0.1) is 12.8 Å². The Morgan fingerprint density at radius 1 is 1.07 bits per heavy atom. The molecule has 4 aromatic heterocycles. The van der Waals surface area contributed by atoms with Crippen molar-refractivity contribution in [2.24, 2.45) is 5.92 Å². The number of rotatable bonds is 8. The topological polar surface area (TPSA) is 151 Å². The number of amides is 4. The van der Waals surface area contributed by atoms with E-state index in [1.807, 2.05) is 32.0 Å². The number of urea groups is 1. The van der Waals surface area contributed by atoms with Crippen molar-refractivity contribution in [1.82, 2.24) is 34.4 Å². The van der Waals surface area contributed by atoms with Crippen molar-refractivity contribution in [3.8, 4) is 0 Å². The molecule has 13 nitrogen and oxygen atoms in total. The summed E-state index contributed by atoms with van der Waals surface area (Å²) in [4.78, 5) is 57.9. The minimum absolute atomic E-state index is 0.0131. The first-order valence-corrected chi connectivity index (χ1v) is 14.1. The molecule has 1 aliphatic heterocycles. The highest BCUT2D eigenvalue weighted by molar-refractivity contribution is 6.11. The summed E-state index contributed by atoms with van der Waals surface area (Å²) in [6.45, 7) is 3.85. The maximum atomic E-state index is 12.9. The van der Waals surface area contributed by atoms with Gasteiger partial charge in [-0.3, -0.25) is 19.4 Å². The van der Waals surface area contributed by atoms with Crippen LogP contribution in [-0.2, 0) is 9.59 Å². The number of pyridine rings is 1. The summed E-state index contributed by atoms with van der Waals surface area (Å²) in [6.07, 6.45) is 6.03. The highest BCUT2D eigenvalue weighted by Gasteiger charge is 2.46. The van der Waals surface area contributed by atoms with Crippen LogP contribution in [-0.4, -0.2) is 65.9 Å². The van der Waals surface area contributed by atoms with Crippen molar-refractivity contribution in [3.05, 3.63) is 65.6 Å². The summed E-state index contributed by atoms with van der Waals surface area (Å²) in [6, 6.07) is 8.95. The first-order chi connectivity index (χ1) is 20.2. The zero-order valence-electron chi connectivity index (χ0n) is 23.5. The maximum absolute atomic E-state index is 12.9. The third-order valence-electron chi connectivity index (χ3n) is 8.09. The van der Waals surface area contributed by atoms with E-state index in [1.165, 1.54) is 18.3 Å². The van der Waals surface area contributed by atoms with E-state index < -0.39 is 0 Å². The molecule has 0 bridgehead atoms. The summed E-state index contributed by atoms with van der Waals surface area (Å²) in [7, 11) is 1.49. The number of aryl methyl sites for hydroxylation is 1. The Morgan fingerprint density at radius 2 is 1.88 bits per heavy atom. The van der Waals surface area contributed by atoms with Crippen molar-refractivity contribution in [1.29, 1.82) is 0 Å². The zero-order chi connectivity index (χ0) is 29.1. The minimum Gasteiger partial charge on any atom is -0.362 e. The number of carbonyl (C=O) groups is 3. The number of fused-ring (bicyclic) bond motifs is 1. The predicted octanol–water partition coefficient (Wildman–Crippen LogP) is 3.41. The quantitative estimate of drug-likeness (QED) is 0.306. The van der Waals surface area contributed by atoms with E-state index in [9.17, 15) is 14.4 Å². The molecule has 2 N–H and O–H groups in total. The fourth-order valence-corrected chi connectivity index (χ4v) is 5.39. The van der Waals surface area contributed by atoms with E-state index >= 15 is 0 Å². The van der Waals surface area contributed by atoms with Gasteiger partial charge in [0.05, 0.1) is 17.3 Å². The van der Waals surface area contributed by atoms with E-state index in [4.69, 9.17) is 5.10 Å². The number of nitrogens with one attached hydrogen (secondary N) is 2. The molecule has 42 heavy (non-hydrogen) atoms. The molecule has 13 heteroatoms. The van der Waals surface area contributed by atoms with Crippen molar-refractivity contribution in [2.45, 2.75) is 51.0 Å². The number of anilines is 3. The van der Waals surface area contributed by atoms with Crippen LogP contribution in [0.2, 0.25) is 0 Å². The third-order valence-corrected chi connectivity index (χ3v) is 8.09. The molecule has 0 radical (unpaired) electrons.